The van der Waals surface area contributed by atoms with Crippen LogP contribution in [0.25, 0.3) is 0 Å². The summed E-state index contributed by atoms with van der Waals surface area (Å²) >= 11 is 0. The van der Waals surface area contributed by atoms with Gasteiger partial charge in [0.15, 0.2) is 0 Å². The normalized spacial score (nSPS) is 18.6. The molecule has 2 rings (SSSR count). The molecule has 3 nitrogen and oxygen atoms in total. The molecule has 1 fully saturated rings. The molecule has 0 radical (unpaired) electrons. The van der Waals surface area contributed by atoms with E-state index < -0.39 is 0 Å². The number of rotatable bonds is 6. The Kier molecular flexibility index (Phi) is 6.22. The van der Waals surface area contributed by atoms with Crippen LogP contribution in [-0.2, 0) is 6.42 Å². The molecule has 0 bridgehead atoms. The highest BCUT2D eigenvalue weighted by Gasteiger charge is 2.22. The van der Waals surface area contributed by atoms with Crippen molar-refractivity contribution in [1.82, 2.24) is 10.2 Å². The number of likely N-dealkylation sites (tertiary alicyclic amines) is 1. The first kappa shape index (κ1) is 16.0. The summed E-state index contributed by atoms with van der Waals surface area (Å²) in [6.07, 6.45) is 3.68. The van der Waals surface area contributed by atoms with Crippen molar-refractivity contribution < 1.29 is 0 Å². The zero-order valence-corrected chi connectivity index (χ0v) is 13.3. The fourth-order valence-corrected chi connectivity index (χ4v) is 3.11. The van der Waals surface area contributed by atoms with Crippen molar-refractivity contribution in [3.63, 3.8) is 0 Å². The Morgan fingerprint density at radius 2 is 1.90 bits per heavy atom. The highest BCUT2D eigenvalue weighted by Crippen LogP contribution is 2.21. The lowest BCUT2D eigenvalue weighted by molar-refractivity contribution is 0.174. The predicted molar refractivity (Wildman–Crippen MR) is 87.0 cm³/mol. The summed E-state index contributed by atoms with van der Waals surface area (Å²) in [6.45, 7) is 7.28. The standard InChI is InChI=1S/C18H27N3/c1-15(2)20-18(13-19)14-21-10-8-17(9-11-21)12-16-6-4-3-5-7-16/h3-7,15,17-18,20H,8-12,14H2,1-2H3. The van der Waals surface area contributed by atoms with Crippen LogP contribution in [0.4, 0.5) is 0 Å². The zero-order valence-electron chi connectivity index (χ0n) is 13.3. The van der Waals surface area contributed by atoms with Gasteiger partial charge in [0, 0.05) is 12.6 Å². The molecule has 0 spiro atoms. The molecule has 1 atom stereocenters. The van der Waals surface area contributed by atoms with Gasteiger partial charge in [-0.15, -0.1) is 0 Å². The van der Waals surface area contributed by atoms with E-state index in [2.05, 4.69) is 60.5 Å². The van der Waals surface area contributed by atoms with E-state index in [9.17, 15) is 5.26 Å². The van der Waals surface area contributed by atoms with E-state index in [0.717, 1.165) is 25.6 Å². The summed E-state index contributed by atoms with van der Waals surface area (Å²) in [7, 11) is 0. The fraction of sp³-hybridized carbons (Fsp3) is 0.611. The lowest BCUT2D eigenvalue weighted by Crippen LogP contribution is -2.45. The molecule has 1 N–H and O–H groups in total. The van der Waals surface area contributed by atoms with Crippen LogP contribution in [-0.4, -0.2) is 36.6 Å². The molecule has 1 unspecified atom stereocenters. The number of nitrogens with zero attached hydrogens (tertiary/aromatic N) is 2. The summed E-state index contributed by atoms with van der Waals surface area (Å²) in [6, 6.07) is 13.5. The first-order chi connectivity index (χ1) is 10.2. The molecule has 0 saturated carbocycles. The smallest absolute Gasteiger partial charge is 0.108 e. The second-order valence-electron chi connectivity index (χ2n) is 6.44. The molecule has 0 aliphatic carbocycles. The molecule has 1 saturated heterocycles. The number of hydrogen-bond acceptors (Lipinski definition) is 3. The van der Waals surface area contributed by atoms with E-state index in [4.69, 9.17) is 0 Å². The van der Waals surface area contributed by atoms with Crippen molar-refractivity contribution in [3.8, 4) is 6.07 Å². The Hall–Kier alpha value is -1.37. The van der Waals surface area contributed by atoms with Gasteiger partial charge in [-0.05, 0) is 57.7 Å². The topological polar surface area (TPSA) is 39.1 Å². The number of piperidine rings is 1. The molecule has 1 aliphatic rings. The highest BCUT2D eigenvalue weighted by molar-refractivity contribution is 5.15. The largest absolute Gasteiger partial charge is 0.301 e. The van der Waals surface area contributed by atoms with Crippen LogP contribution in [0.5, 0.6) is 0 Å². The molecule has 114 valence electrons. The van der Waals surface area contributed by atoms with Gasteiger partial charge in [-0.2, -0.15) is 5.26 Å². The molecule has 0 amide bonds. The van der Waals surface area contributed by atoms with E-state index in [0.29, 0.717) is 6.04 Å². The maximum atomic E-state index is 9.21. The average molecular weight is 285 g/mol. The van der Waals surface area contributed by atoms with Gasteiger partial charge in [-0.3, -0.25) is 5.32 Å². The average Bonchev–Trinajstić information content (AvgIpc) is 2.49. The Labute approximate surface area is 129 Å². The number of benzene rings is 1. The van der Waals surface area contributed by atoms with Gasteiger partial charge in [0.1, 0.15) is 6.04 Å². The van der Waals surface area contributed by atoms with Crippen molar-refractivity contribution in [2.45, 2.75) is 45.2 Å². The van der Waals surface area contributed by atoms with E-state index >= 15 is 0 Å². The van der Waals surface area contributed by atoms with Gasteiger partial charge < -0.3 is 4.90 Å². The van der Waals surface area contributed by atoms with Gasteiger partial charge in [0.2, 0.25) is 0 Å². The van der Waals surface area contributed by atoms with Gasteiger partial charge in [-0.1, -0.05) is 30.3 Å². The highest BCUT2D eigenvalue weighted by atomic mass is 15.2. The number of hydrogen-bond donors (Lipinski definition) is 1. The minimum absolute atomic E-state index is 0.0457. The Balaban J connectivity index is 1.74. The fourth-order valence-electron chi connectivity index (χ4n) is 3.11. The SMILES string of the molecule is CC(C)NC(C#N)CN1CCC(Cc2ccccc2)CC1. The van der Waals surface area contributed by atoms with E-state index in [1.807, 2.05) is 0 Å². The van der Waals surface area contributed by atoms with Crippen molar-refractivity contribution in [2.24, 2.45) is 5.92 Å². The first-order valence-corrected chi connectivity index (χ1v) is 8.09. The first-order valence-electron chi connectivity index (χ1n) is 8.09. The second kappa shape index (κ2) is 8.17. The lowest BCUT2D eigenvalue weighted by atomic mass is 9.90. The van der Waals surface area contributed by atoms with E-state index in [1.165, 1.54) is 24.8 Å². The van der Waals surface area contributed by atoms with E-state index in [-0.39, 0.29) is 6.04 Å². The third kappa shape index (κ3) is 5.49. The molecule has 3 heteroatoms. The van der Waals surface area contributed by atoms with Crippen molar-refractivity contribution in [3.05, 3.63) is 35.9 Å². The monoisotopic (exact) mass is 285 g/mol. The number of nitrogens with one attached hydrogen (secondary N) is 1. The lowest BCUT2D eigenvalue weighted by Gasteiger charge is -2.33. The van der Waals surface area contributed by atoms with Gasteiger partial charge in [-0.25, -0.2) is 0 Å². The van der Waals surface area contributed by atoms with Crippen LogP contribution in [0.1, 0.15) is 32.3 Å². The van der Waals surface area contributed by atoms with Crippen LogP contribution in [0.3, 0.4) is 0 Å². The van der Waals surface area contributed by atoms with Gasteiger partial charge in [0.25, 0.3) is 0 Å². The van der Waals surface area contributed by atoms with Gasteiger partial charge in [0.05, 0.1) is 6.07 Å². The van der Waals surface area contributed by atoms with Gasteiger partial charge >= 0.3 is 0 Å². The minimum atomic E-state index is -0.0457. The second-order valence-corrected chi connectivity index (χ2v) is 6.44. The van der Waals surface area contributed by atoms with Crippen LogP contribution in [0.15, 0.2) is 30.3 Å². The molecule has 1 aliphatic heterocycles. The predicted octanol–water partition coefficient (Wildman–Crippen LogP) is 2.83. The molecule has 0 aromatic heterocycles. The maximum absolute atomic E-state index is 9.21. The Morgan fingerprint density at radius 1 is 1.24 bits per heavy atom. The van der Waals surface area contributed by atoms with Crippen molar-refractivity contribution >= 4 is 0 Å². The van der Waals surface area contributed by atoms with E-state index in [1.54, 1.807) is 0 Å². The quantitative estimate of drug-likeness (QED) is 0.873. The number of nitriles is 1. The summed E-state index contributed by atoms with van der Waals surface area (Å²) in [5, 5.41) is 12.5. The molecule has 1 heterocycles. The third-order valence-electron chi connectivity index (χ3n) is 4.21. The van der Waals surface area contributed by atoms with Crippen molar-refractivity contribution in [2.75, 3.05) is 19.6 Å². The minimum Gasteiger partial charge on any atom is -0.301 e. The Bertz CT molecular complexity index is 441. The molecule has 1 aromatic rings. The summed E-state index contributed by atoms with van der Waals surface area (Å²) in [5.74, 6) is 0.794. The Morgan fingerprint density at radius 3 is 2.48 bits per heavy atom. The van der Waals surface area contributed by atoms with Crippen LogP contribution < -0.4 is 5.32 Å². The molecule has 1 aromatic carbocycles. The maximum Gasteiger partial charge on any atom is 0.108 e. The summed E-state index contributed by atoms with van der Waals surface area (Å²) in [5.41, 5.74) is 1.45. The van der Waals surface area contributed by atoms with Crippen molar-refractivity contribution in [1.29, 1.82) is 5.26 Å². The summed E-state index contributed by atoms with van der Waals surface area (Å²) < 4.78 is 0. The van der Waals surface area contributed by atoms with Crippen LogP contribution >= 0.6 is 0 Å². The van der Waals surface area contributed by atoms with Crippen LogP contribution in [0, 0.1) is 17.2 Å². The molecule has 21 heavy (non-hydrogen) atoms. The molecular formula is C18H27N3. The third-order valence-corrected chi connectivity index (χ3v) is 4.21. The van der Waals surface area contributed by atoms with Crippen LogP contribution in [0.2, 0.25) is 0 Å². The zero-order chi connectivity index (χ0) is 15.1. The molecular weight excluding hydrogens is 258 g/mol. The summed E-state index contributed by atoms with van der Waals surface area (Å²) in [4.78, 5) is 2.44.